The van der Waals surface area contributed by atoms with Gasteiger partial charge in [0.2, 0.25) is 26.0 Å². The molecular weight excluding hydrogens is 456 g/mol. The molecule has 0 N–H and O–H groups in total. The molecule has 0 aliphatic carbocycles. The normalized spacial score (nSPS) is 18.5. The summed E-state index contributed by atoms with van der Waals surface area (Å²) < 4.78 is 64.4. The fourth-order valence-corrected chi connectivity index (χ4v) is 7.18. The Labute approximate surface area is 187 Å². The van der Waals surface area contributed by atoms with Crippen LogP contribution in [0.5, 0.6) is 11.5 Å². The molecule has 0 radical (unpaired) electrons. The highest BCUT2D eigenvalue weighted by atomic mass is 32.2. The third-order valence-electron chi connectivity index (χ3n) is 5.79. The van der Waals surface area contributed by atoms with Gasteiger partial charge in [0.05, 0.1) is 30.6 Å². The number of fused-ring (bicyclic) bond motifs is 1. The number of benzene rings is 2. The number of hydrogen-bond acceptors (Lipinski definition) is 7. The van der Waals surface area contributed by atoms with Crippen molar-refractivity contribution in [2.45, 2.75) is 31.2 Å². The number of methoxy groups -OCH3 is 2. The number of amides is 1. The van der Waals surface area contributed by atoms with Gasteiger partial charge in [0.15, 0.2) is 11.5 Å². The van der Waals surface area contributed by atoms with Crippen LogP contribution in [0.4, 0.5) is 5.69 Å². The Hall–Kier alpha value is -2.63. The monoisotopic (exact) mass is 480 g/mol. The number of anilines is 1. The van der Waals surface area contributed by atoms with Gasteiger partial charge < -0.3 is 9.47 Å². The number of aryl methyl sites for hydroxylation is 1. The Balaban J connectivity index is 1.71. The van der Waals surface area contributed by atoms with Gasteiger partial charge in [0.1, 0.15) is 0 Å². The van der Waals surface area contributed by atoms with E-state index in [1.165, 1.54) is 29.6 Å². The van der Waals surface area contributed by atoms with E-state index in [2.05, 4.69) is 0 Å². The van der Waals surface area contributed by atoms with E-state index >= 15 is 0 Å². The Kier molecular flexibility index (Phi) is 5.68. The number of hydrogen-bond donors (Lipinski definition) is 0. The smallest absolute Gasteiger partial charge is 0.243 e. The lowest BCUT2D eigenvalue weighted by Gasteiger charge is -2.29. The molecule has 9 nitrogen and oxygen atoms in total. The molecule has 1 fully saturated rings. The van der Waals surface area contributed by atoms with E-state index in [0.29, 0.717) is 27.8 Å². The first-order valence-electron chi connectivity index (χ1n) is 9.99. The van der Waals surface area contributed by atoms with Crippen molar-refractivity contribution >= 4 is 31.6 Å². The van der Waals surface area contributed by atoms with Gasteiger partial charge in [-0.05, 0) is 54.3 Å². The lowest BCUT2D eigenvalue weighted by Crippen LogP contribution is -2.36. The third kappa shape index (κ3) is 3.74. The molecule has 2 aromatic carbocycles. The Morgan fingerprint density at radius 1 is 0.969 bits per heavy atom. The van der Waals surface area contributed by atoms with E-state index in [0.717, 1.165) is 11.1 Å². The van der Waals surface area contributed by atoms with Crippen molar-refractivity contribution < 1.29 is 31.1 Å². The average Bonchev–Trinajstić information content (AvgIpc) is 3.04. The molecule has 2 aromatic rings. The van der Waals surface area contributed by atoms with Gasteiger partial charge in [-0.25, -0.2) is 21.1 Å². The van der Waals surface area contributed by atoms with Crippen molar-refractivity contribution in [2.24, 2.45) is 0 Å². The summed E-state index contributed by atoms with van der Waals surface area (Å²) in [4.78, 5) is 12.1. The highest BCUT2D eigenvalue weighted by molar-refractivity contribution is 7.94. The highest BCUT2D eigenvalue weighted by Crippen LogP contribution is 2.36. The molecule has 32 heavy (non-hydrogen) atoms. The van der Waals surface area contributed by atoms with Crippen LogP contribution in [0.15, 0.2) is 35.2 Å². The molecule has 1 amide bonds. The molecule has 0 unspecified atom stereocenters. The molecule has 0 saturated carbocycles. The quantitative estimate of drug-likeness (QED) is 0.642. The molecule has 172 valence electrons. The number of carbonyl (C=O) groups excluding carboxylic acids is 1. The van der Waals surface area contributed by atoms with Crippen molar-refractivity contribution in [3.63, 3.8) is 0 Å². The summed E-state index contributed by atoms with van der Waals surface area (Å²) in [6, 6.07) is 7.88. The maximum absolute atomic E-state index is 13.5. The van der Waals surface area contributed by atoms with Crippen LogP contribution in [0.3, 0.4) is 0 Å². The Morgan fingerprint density at radius 2 is 1.62 bits per heavy atom. The van der Waals surface area contributed by atoms with Gasteiger partial charge >= 0.3 is 0 Å². The second-order valence-corrected chi connectivity index (χ2v) is 11.6. The Bertz CT molecular complexity index is 1300. The molecule has 1 saturated heterocycles. The zero-order valence-corrected chi connectivity index (χ0v) is 19.6. The first kappa shape index (κ1) is 22.6. The van der Waals surface area contributed by atoms with Crippen molar-refractivity contribution in [3.8, 4) is 11.5 Å². The molecule has 0 aromatic heterocycles. The van der Waals surface area contributed by atoms with Crippen LogP contribution < -0.4 is 13.8 Å². The second-order valence-electron chi connectivity index (χ2n) is 7.74. The predicted molar refractivity (Wildman–Crippen MR) is 118 cm³/mol. The average molecular weight is 481 g/mol. The van der Waals surface area contributed by atoms with E-state index in [1.807, 2.05) is 6.07 Å². The lowest BCUT2D eigenvalue weighted by molar-refractivity contribution is -0.116. The van der Waals surface area contributed by atoms with Crippen molar-refractivity contribution in [2.75, 3.05) is 30.8 Å². The number of sulfonamides is 2. The summed E-state index contributed by atoms with van der Waals surface area (Å²) in [6.45, 7) is 2.04. The molecule has 0 spiro atoms. The molecule has 0 atom stereocenters. The van der Waals surface area contributed by atoms with Gasteiger partial charge in [-0.3, -0.25) is 4.79 Å². The number of nitrogens with zero attached hydrogens (tertiary/aromatic N) is 2. The molecule has 4 rings (SSSR count). The zero-order chi connectivity index (χ0) is 23.3. The topological polar surface area (TPSA) is 110 Å². The van der Waals surface area contributed by atoms with Crippen molar-refractivity contribution in [1.29, 1.82) is 0 Å². The highest BCUT2D eigenvalue weighted by Gasteiger charge is 2.38. The zero-order valence-electron chi connectivity index (χ0n) is 18.0. The van der Waals surface area contributed by atoms with Crippen LogP contribution in [0, 0.1) is 6.92 Å². The maximum Gasteiger partial charge on any atom is 0.243 e. The van der Waals surface area contributed by atoms with E-state index in [9.17, 15) is 21.6 Å². The first-order chi connectivity index (χ1) is 15.1. The molecule has 11 heteroatoms. The lowest BCUT2D eigenvalue weighted by atomic mass is 10.0. The fourth-order valence-electron chi connectivity index (χ4n) is 4.06. The second kappa shape index (κ2) is 8.05. The minimum Gasteiger partial charge on any atom is -0.493 e. The minimum atomic E-state index is -3.95. The fraction of sp³-hybridized carbons (Fsp3) is 0.381. The predicted octanol–water partition coefficient (Wildman–Crippen LogP) is 1.83. The van der Waals surface area contributed by atoms with Gasteiger partial charge in [-0.2, -0.15) is 4.31 Å². The number of ether oxygens (including phenoxy) is 2. The van der Waals surface area contributed by atoms with Crippen LogP contribution in [-0.2, 0) is 37.8 Å². The molecule has 0 bridgehead atoms. The third-order valence-corrected chi connectivity index (χ3v) is 9.46. The SMILES string of the molecule is COc1cc2c(cc1OC)CN(S(=O)(=O)c1cc(N3C(=O)CCS3(=O)=O)ccc1C)CC2. The van der Waals surface area contributed by atoms with Crippen molar-refractivity contribution in [1.82, 2.24) is 4.31 Å². The van der Waals surface area contributed by atoms with E-state index in [-0.39, 0.29) is 35.8 Å². The number of rotatable bonds is 5. The van der Waals surface area contributed by atoms with E-state index < -0.39 is 26.0 Å². The molecular formula is C21H24N2O7S2. The van der Waals surface area contributed by atoms with E-state index in [1.54, 1.807) is 20.1 Å². The van der Waals surface area contributed by atoms with Gasteiger partial charge in [0, 0.05) is 19.5 Å². The van der Waals surface area contributed by atoms with Crippen LogP contribution in [0.2, 0.25) is 0 Å². The van der Waals surface area contributed by atoms with Crippen LogP contribution in [-0.4, -0.2) is 53.6 Å². The van der Waals surface area contributed by atoms with Gasteiger partial charge in [0.25, 0.3) is 0 Å². The molecule has 2 aliphatic rings. The number of carbonyl (C=O) groups is 1. The van der Waals surface area contributed by atoms with Crippen molar-refractivity contribution in [3.05, 3.63) is 47.0 Å². The standard InChI is InChI=1S/C21H24N2O7S2/c1-14-4-5-17(23-21(24)7-9-31(23,25)26)12-20(14)32(27,28)22-8-6-15-10-18(29-2)19(30-3)11-16(15)13-22/h4-5,10-12H,6-9,13H2,1-3H3. The maximum atomic E-state index is 13.5. The molecule has 2 aliphatic heterocycles. The van der Waals surface area contributed by atoms with Gasteiger partial charge in [-0.15, -0.1) is 0 Å². The largest absolute Gasteiger partial charge is 0.493 e. The van der Waals surface area contributed by atoms with Crippen LogP contribution >= 0.6 is 0 Å². The van der Waals surface area contributed by atoms with E-state index in [4.69, 9.17) is 9.47 Å². The van der Waals surface area contributed by atoms with Crippen LogP contribution in [0.25, 0.3) is 0 Å². The summed E-state index contributed by atoms with van der Waals surface area (Å²) in [5.41, 5.74) is 2.30. The minimum absolute atomic E-state index is 0.0196. The summed E-state index contributed by atoms with van der Waals surface area (Å²) in [5.74, 6) is 0.255. The summed E-state index contributed by atoms with van der Waals surface area (Å²) in [5, 5.41) is 0. The summed E-state index contributed by atoms with van der Waals surface area (Å²) >= 11 is 0. The molecule has 2 heterocycles. The Morgan fingerprint density at radius 3 is 2.22 bits per heavy atom. The first-order valence-corrected chi connectivity index (χ1v) is 13.0. The summed E-state index contributed by atoms with van der Waals surface area (Å²) in [7, 11) is -4.68. The summed E-state index contributed by atoms with van der Waals surface area (Å²) in [6.07, 6.45) is 0.374. The van der Waals surface area contributed by atoms with Crippen LogP contribution in [0.1, 0.15) is 23.1 Å². The van der Waals surface area contributed by atoms with Gasteiger partial charge in [-0.1, -0.05) is 6.07 Å².